The molecular formula is C20H17N3OS. The van der Waals surface area contributed by atoms with E-state index in [2.05, 4.69) is 16.4 Å². The standard InChI is InChI=1S/C20H17N3OS/c1-11-4-3-5-14(9-11)22-19(24)18-17(21)15-10-13-8-12(2)6-7-16(13)23-20(15)25-18/h3-10H,21H2,1-2H3,(H,22,24). The Labute approximate surface area is 149 Å². The first-order chi connectivity index (χ1) is 12.0. The van der Waals surface area contributed by atoms with E-state index in [1.165, 1.54) is 16.9 Å². The van der Waals surface area contributed by atoms with Gasteiger partial charge in [-0.05, 0) is 49.7 Å². The average Bonchev–Trinajstić information content (AvgIpc) is 2.89. The quantitative estimate of drug-likeness (QED) is 0.542. The van der Waals surface area contributed by atoms with Crippen molar-refractivity contribution in [1.29, 1.82) is 0 Å². The maximum Gasteiger partial charge on any atom is 0.267 e. The van der Waals surface area contributed by atoms with Gasteiger partial charge in [-0.25, -0.2) is 4.98 Å². The zero-order valence-corrected chi connectivity index (χ0v) is 14.8. The molecule has 0 aliphatic rings. The number of nitrogens with zero attached hydrogens (tertiary/aromatic N) is 1. The van der Waals surface area contributed by atoms with Crippen LogP contribution in [0.15, 0.2) is 48.5 Å². The number of aromatic nitrogens is 1. The molecule has 2 aromatic carbocycles. The number of hydrogen-bond acceptors (Lipinski definition) is 4. The molecule has 0 atom stereocenters. The van der Waals surface area contributed by atoms with Crippen LogP contribution in [0.5, 0.6) is 0 Å². The summed E-state index contributed by atoms with van der Waals surface area (Å²) >= 11 is 1.33. The Morgan fingerprint density at radius 3 is 2.68 bits per heavy atom. The van der Waals surface area contributed by atoms with E-state index in [9.17, 15) is 4.79 Å². The summed E-state index contributed by atoms with van der Waals surface area (Å²) in [6, 6.07) is 15.8. The van der Waals surface area contributed by atoms with Crippen molar-refractivity contribution in [3.63, 3.8) is 0 Å². The Kier molecular flexibility index (Phi) is 3.66. The van der Waals surface area contributed by atoms with Crippen LogP contribution in [-0.4, -0.2) is 10.9 Å². The Balaban J connectivity index is 1.77. The summed E-state index contributed by atoms with van der Waals surface area (Å²) in [7, 11) is 0. The first kappa shape index (κ1) is 15.6. The highest BCUT2D eigenvalue weighted by atomic mass is 32.1. The summed E-state index contributed by atoms with van der Waals surface area (Å²) < 4.78 is 0. The molecule has 0 bridgehead atoms. The fraction of sp³-hybridized carbons (Fsp3) is 0.100. The van der Waals surface area contributed by atoms with Crippen molar-refractivity contribution in [3.8, 4) is 0 Å². The van der Waals surface area contributed by atoms with E-state index < -0.39 is 0 Å². The van der Waals surface area contributed by atoms with Crippen molar-refractivity contribution < 1.29 is 4.79 Å². The third kappa shape index (κ3) is 2.83. The maximum absolute atomic E-state index is 12.7. The fourth-order valence-corrected chi connectivity index (χ4v) is 3.88. The summed E-state index contributed by atoms with van der Waals surface area (Å²) in [4.78, 5) is 18.6. The lowest BCUT2D eigenvalue weighted by Crippen LogP contribution is -2.11. The Hall–Kier alpha value is -2.92. The van der Waals surface area contributed by atoms with E-state index in [1.54, 1.807) is 0 Å². The van der Waals surface area contributed by atoms with Crippen LogP contribution in [-0.2, 0) is 0 Å². The number of pyridine rings is 1. The van der Waals surface area contributed by atoms with E-state index in [-0.39, 0.29) is 5.91 Å². The molecule has 5 heteroatoms. The van der Waals surface area contributed by atoms with Crippen molar-refractivity contribution in [3.05, 3.63) is 64.5 Å². The van der Waals surface area contributed by atoms with Gasteiger partial charge in [-0.15, -0.1) is 11.3 Å². The number of nitrogen functional groups attached to an aromatic ring is 1. The van der Waals surface area contributed by atoms with Crippen LogP contribution in [0.2, 0.25) is 0 Å². The van der Waals surface area contributed by atoms with Crippen molar-refractivity contribution >= 4 is 49.7 Å². The molecular weight excluding hydrogens is 330 g/mol. The second kappa shape index (κ2) is 5.86. The maximum atomic E-state index is 12.7. The van der Waals surface area contributed by atoms with Gasteiger partial charge in [-0.1, -0.05) is 23.8 Å². The van der Waals surface area contributed by atoms with Crippen molar-refractivity contribution in [1.82, 2.24) is 4.98 Å². The zero-order valence-electron chi connectivity index (χ0n) is 14.0. The number of carbonyl (C=O) groups excluding carboxylic acids is 1. The van der Waals surface area contributed by atoms with Gasteiger partial charge >= 0.3 is 0 Å². The predicted octanol–water partition coefficient (Wildman–Crippen LogP) is 4.90. The van der Waals surface area contributed by atoms with Crippen LogP contribution >= 0.6 is 11.3 Å². The molecule has 0 radical (unpaired) electrons. The number of amides is 1. The predicted molar refractivity (Wildman–Crippen MR) is 105 cm³/mol. The number of nitrogens with two attached hydrogens (primary N) is 1. The minimum atomic E-state index is -0.202. The minimum absolute atomic E-state index is 0.202. The largest absolute Gasteiger partial charge is 0.397 e. The molecule has 3 N–H and O–H groups in total. The summed E-state index contributed by atoms with van der Waals surface area (Å²) in [6.45, 7) is 4.03. The zero-order chi connectivity index (χ0) is 17.6. The molecule has 0 aliphatic heterocycles. The van der Waals surface area contributed by atoms with Crippen molar-refractivity contribution in [2.45, 2.75) is 13.8 Å². The van der Waals surface area contributed by atoms with Crippen LogP contribution in [0.1, 0.15) is 20.8 Å². The molecule has 4 aromatic rings. The molecule has 2 heterocycles. The first-order valence-electron chi connectivity index (χ1n) is 7.99. The van der Waals surface area contributed by atoms with Gasteiger partial charge in [-0.3, -0.25) is 4.79 Å². The monoisotopic (exact) mass is 347 g/mol. The molecule has 25 heavy (non-hydrogen) atoms. The Bertz CT molecular complexity index is 1130. The highest BCUT2D eigenvalue weighted by Gasteiger charge is 2.18. The lowest BCUT2D eigenvalue weighted by Gasteiger charge is -2.05. The number of nitrogens with one attached hydrogen (secondary N) is 1. The molecule has 0 spiro atoms. The smallest absolute Gasteiger partial charge is 0.267 e. The van der Waals surface area contributed by atoms with Gasteiger partial charge in [0.1, 0.15) is 9.71 Å². The number of aryl methyl sites for hydroxylation is 2. The van der Waals surface area contributed by atoms with E-state index in [1.807, 2.05) is 56.3 Å². The van der Waals surface area contributed by atoms with Crippen LogP contribution in [0.25, 0.3) is 21.1 Å². The summed E-state index contributed by atoms with van der Waals surface area (Å²) in [5.74, 6) is -0.202. The number of anilines is 2. The lowest BCUT2D eigenvalue weighted by atomic mass is 10.1. The number of thiophene rings is 1. The van der Waals surface area contributed by atoms with Crippen LogP contribution in [0, 0.1) is 13.8 Å². The van der Waals surface area contributed by atoms with Crippen molar-refractivity contribution in [2.75, 3.05) is 11.1 Å². The average molecular weight is 347 g/mol. The van der Waals surface area contributed by atoms with E-state index in [0.717, 1.165) is 32.4 Å². The van der Waals surface area contributed by atoms with E-state index in [0.29, 0.717) is 10.6 Å². The normalized spacial score (nSPS) is 11.1. The summed E-state index contributed by atoms with van der Waals surface area (Å²) in [6.07, 6.45) is 0. The summed E-state index contributed by atoms with van der Waals surface area (Å²) in [5, 5.41) is 4.78. The van der Waals surface area contributed by atoms with Gasteiger partial charge in [0.05, 0.1) is 11.2 Å². The van der Waals surface area contributed by atoms with Gasteiger partial charge in [-0.2, -0.15) is 0 Å². The van der Waals surface area contributed by atoms with Gasteiger partial charge in [0.2, 0.25) is 0 Å². The topological polar surface area (TPSA) is 68.0 Å². The molecule has 4 nitrogen and oxygen atoms in total. The number of hydrogen-bond donors (Lipinski definition) is 2. The Morgan fingerprint density at radius 2 is 1.88 bits per heavy atom. The number of rotatable bonds is 2. The van der Waals surface area contributed by atoms with Gasteiger partial charge in [0, 0.05) is 16.5 Å². The highest BCUT2D eigenvalue weighted by Crippen LogP contribution is 2.35. The number of carbonyl (C=O) groups is 1. The molecule has 0 unspecified atom stereocenters. The van der Waals surface area contributed by atoms with Gasteiger partial charge in [0.25, 0.3) is 5.91 Å². The third-order valence-electron chi connectivity index (χ3n) is 4.15. The van der Waals surface area contributed by atoms with Crippen LogP contribution in [0.4, 0.5) is 11.4 Å². The molecule has 1 amide bonds. The Morgan fingerprint density at radius 1 is 1.08 bits per heavy atom. The molecule has 4 rings (SSSR count). The third-order valence-corrected chi connectivity index (χ3v) is 5.26. The second-order valence-corrected chi connectivity index (χ2v) is 7.20. The number of fused-ring (bicyclic) bond motifs is 2. The molecule has 124 valence electrons. The summed E-state index contributed by atoms with van der Waals surface area (Å²) in [5.41, 5.74) is 10.7. The lowest BCUT2D eigenvalue weighted by molar-refractivity contribution is 0.103. The molecule has 2 aromatic heterocycles. The van der Waals surface area contributed by atoms with Crippen LogP contribution in [0.3, 0.4) is 0 Å². The van der Waals surface area contributed by atoms with Crippen LogP contribution < -0.4 is 11.1 Å². The second-order valence-electron chi connectivity index (χ2n) is 6.21. The molecule has 0 fully saturated rings. The SMILES string of the molecule is Cc1cccc(NC(=O)c2sc3nc4ccc(C)cc4cc3c2N)c1. The number of benzene rings is 2. The van der Waals surface area contributed by atoms with Crippen molar-refractivity contribution in [2.24, 2.45) is 0 Å². The molecule has 0 saturated carbocycles. The van der Waals surface area contributed by atoms with E-state index in [4.69, 9.17) is 5.73 Å². The highest BCUT2D eigenvalue weighted by molar-refractivity contribution is 7.21. The first-order valence-corrected chi connectivity index (χ1v) is 8.80. The molecule has 0 aliphatic carbocycles. The minimum Gasteiger partial charge on any atom is -0.397 e. The molecule has 0 saturated heterocycles. The van der Waals surface area contributed by atoms with Gasteiger partial charge < -0.3 is 11.1 Å². The fourth-order valence-electron chi connectivity index (χ4n) is 2.90. The van der Waals surface area contributed by atoms with E-state index >= 15 is 0 Å². The van der Waals surface area contributed by atoms with Gasteiger partial charge in [0.15, 0.2) is 0 Å².